The Morgan fingerprint density at radius 2 is 2.00 bits per heavy atom. The minimum Gasteiger partial charge on any atom is -0.380 e. The quantitative estimate of drug-likeness (QED) is 0.848. The molecule has 0 aromatic rings. The summed E-state index contributed by atoms with van der Waals surface area (Å²) in [5.41, 5.74) is 0. The van der Waals surface area contributed by atoms with E-state index in [1.807, 2.05) is 4.90 Å². The second kappa shape index (κ2) is 7.10. The van der Waals surface area contributed by atoms with Crippen LogP contribution >= 0.6 is 12.4 Å². The van der Waals surface area contributed by atoms with Crippen LogP contribution in [0, 0.1) is 5.92 Å². The van der Waals surface area contributed by atoms with Gasteiger partial charge in [-0.15, -0.1) is 12.4 Å². The number of halogens is 1. The normalized spacial score (nSPS) is 37.1. The molecular weight excluding hydrogens is 276 g/mol. The van der Waals surface area contributed by atoms with Gasteiger partial charge in [0.15, 0.2) is 0 Å². The number of rotatable bonds is 2. The number of nitrogens with zero attached hydrogens (tertiary/aromatic N) is 1. The van der Waals surface area contributed by atoms with Gasteiger partial charge in [0, 0.05) is 26.2 Å². The lowest BCUT2D eigenvalue weighted by atomic mass is 9.85. The second-order valence-corrected chi connectivity index (χ2v) is 6.39. The summed E-state index contributed by atoms with van der Waals surface area (Å²) in [6, 6.07) is 0.675. The summed E-state index contributed by atoms with van der Waals surface area (Å²) < 4.78 is 5.41. The summed E-state index contributed by atoms with van der Waals surface area (Å²) in [5.74, 6) is 1.06. The van der Waals surface area contributed by atoms with Gasteiger partial charge in [-0.25, -0.2) is 0 Å². The van der Waals surface area contributed by atoms with Gasteiger partial charge in [0.1, 0.15) is 0 Å². The first kappa shape index (κ1) is 16.1. The van der Waals surface area contributed by atoms with Crippen LogP contribution in [-0.2, 0) is 9.53 Å². The summed E-state index contributed by atoms with van der Waals surface area (Å²) in [6.07, 6.45) is 8.69. The molecule has 2 aliphatic heterocycles. The second-order valence-electron chi connectivity index (χ2n) is 6.39. The van der Waals surface area contributed by atoms with Crippen LogP contribution in [-0.4, -0.2) is 49.2 Å². The van der Waals surface area contributed by atoms with Crippen molar-refractivity contribution in [1.29, 1.82) is 0 Å². The molecule has 3 rings (SSSR count). The molecule has 0 radical (unpaired) electrons. The highest BCUT2D eigenvalue weighted by molar-refractivity contribution is 5.85. The lowest BCUT2D eigenvalue weighted by Crippen LogP contribution is -2.50. The fraction of sp³-hybridized carbons (Fsp3) is 0.933. The van der Waals surface area contributed by atoms with Crippen molar-refractivity contribution in [3.63, 3.8) is 0 Å². The van der Waals surface area contributed by atoms with Gasteiger partial charge in [-0.1, -0.05) is 12.8 Å². The maximum Gasteiger partial charge on any atom is 0.239 e. The topological polar surface area (TPSA) is 41.6 Å². The number of hydrogen-bond donors (Lipinski definition) is 1. The number of ether oxygens (including phenoxy) is 1. The van der Waals surface area contributed by atoms with Gasteiger partial charge < -0.3 is 15.0 Å². The molecule has 1 amide bonds. The van der Waals surface area contributed by atoms with E-state index in [-0.39, 0.29) is 24.6 Å². The average molecular weight is 303 g/mol. The molecule has 0 spiro atoms. The molecule has 2 heterocycles. The third-order valence-corrected chi connectivity index (χ3v) is 5.18. The zero-order valence-electron chi connectivity index (χ0n) is 12.3. The number of methoxy groups -OCH3 is 1. The Bertz CT molecular complexity index is 326. The SMILES string of the molecule is COC1CCCN(C(=O)C2CC3CCCCC3N2)C1.Cl. The number of hydrogen-bond acceptors (Lipinski definition) is 3. The molecule has 1 aliphatic carbocycles. The molecule has 3 aliphatic rings. The molecule has 0 bridgehead atoms. The summed E-state index contributed by atoms with van der Waals surface area (Å²) in [4.78, 5) is 14.6. The van der Waals surface area contributed by atoms with Gasteiger partial charge in [-0.3, -0.25) is 4.79 Å². The van der Waals surface area contributed by atoms with Crippen LogP contribution in [0.2, 0.25) is 0 Å². The maximum absolute atomic E-state index is 12.6. The van der Waals surface area contributed by atoms with Crippen molar-refractivity contribution in [2.75, 3.05) is 20.2 Å². The largest absolute Gasteiger partial charge is 0.380 e. The van der Waals surface area contributed by atoms with Crippen molar-refractivity contribution in [1.82, 2.24) is 10.2 Å². The number of amides is 1. The lowest BCUT2D eigenvalue weighted by molar-refractivity contribution is -0.136. The minimum absolute atomic E-state index is 0. The Hall–Kier alpha value is -0.320. The van der Waals surface area contributed by atoms with Crippen LogP contribution in [0.3, 0.4) is 0 Å². The minimum atomic E-state index is 0. The van der Waals surface area contributed by atoms with E-state index in [9.17, 15) is 4.79 Å². The van der Waals surface area contributed by atoms with E-state index < -0.39 is 0 Å². The summed E-state index contributed by atoms with van der Waals surface area (Å²) in [5, 5.41) is 3.59. The Morgan fingerprint density at radius 3 is 2.75 bits per heavy atom. The smallest absolute Gasteiger partial charge is 0.239 e. The van der Waals surface area contributed by atoms with Crippen LogP contribution in [0.1, 0.15) is 44.9 Å². The average Bonchev–Trinajstić information content (AvgIpc) is 2.90. The molecule has 0 aromatic heterocycles. The highest BCUT2D eigenvalue weighted by atomic mass is 35.5. The first-order valence-corrected chi connectivity index (χ1v) is 7.85. The molecule has 1 saturated carbocycles. The zero-order valence-corrected chi connectivity index (χ0v) is 13.2. The number of likely N-dealkylation sites (tertiary alicyclic amines) is 1. The predicted octanol–water partition coefficient (Wildman–Crippen LogP) is 1.97. The monoisotopic (exact) mass is 302 g/mol. The molecular formula is C15H27ClN2O2. The number of piperidine rings is 1. The Labute approximate surface area is 128 Å². The molecule has 3 fully saturated rings. The Kier molecular flexibility index (Phi) is 5.70. The maximum atomic E-state index is 12.6. The van der Waals surface area contributed by atoms with E-state index in [2.05, 4.69) is 5.32 Å². The van der Waals surface area contributed by atoms with Crippen molar-refractivity contribution in [2.24, 2.45) is 5.92 Å². The van der Waals surface area contributed by atoms with Crippen LogP contribution in [0.25, 0.3) is 0 Å². The van der Waals surface area contributed by atoms with Crippen molar-refractivity contribution >= 4 is 18.3 Å². The van der Waals surface area contributed by atoms with Gasteiger partial charge in [-0.05, 0) is 38.0 Å². The number of carbonyl (C=O) groups excluding carboxylic acids is 1. The van der Waals surface area contributed by atoms with Gasteiger partial charge in [0.2, 0.25) is 5.91 Å². The lowest BCUT2D eigenvalue weighted by Gasteiger charge is -2.33. The first-order valence-electron chi connectivity index (χ1n) is 7.85. The Balaban J connectivity index is 0.00000147. The summed E-state index contributed by atoms with van der Waals surface area (Å²) in [6.45, 7) is 1.69. The predicted molar refractivity (Wildman–Crippen MR) is 81.1 cm³/mol. The third kappa shape index (κ3) is 3.29. The zero-order chi connectivity index (χ0) is 13.2. The van der Waals surface area contributed by atoms with Crippen LogP contribution in [0.4, 0.5) is 0 Å². The Morgan fingerprint density at radius 1 is 1.20 bits per heavy atom. The first-order chi connectivity index (χ1) is 9.28. The van der Waals surface area contributed by atoms with Gasteiger partial charge in [-0.2, -0.15) is 0 Å². The summed E-state index contributed by atoms with van der Waals surface area (Å²) in [7, 11) is 1.75. The third-order valence-electron chi connectivity index (χ3n) is 5.18. The van der Waals surface area contributed by atoms with E-state index in [0.717, 1.165) is 38.3 Å². The molecule has 20 heavy (non-hydrogen) atoms. The van der Waals surface area contributed by atoms with Crippen molar-refractivity contribution in [2.45, 2.75) is 63.1 Å². The van der Waals surface area contributed by atoms with Crippen molar-refractivity contribution in [3.8, 4) is 0 Å². The molecule has 5 heteroatoms. The van der Waals surface area contributed by atoms with Gasteiger partial charge in [0.25, 0.3) is 0 Å². The number of fused-ring (bicyclic) bond motifs is 1. The van der Waals surface area contributed by atoms with Crippen molar-refractivity contribution in [3.05, 3.63) is 0 Å². The standard InChI is InChI=1S/C15H26N2O2.ClH/c1-19-12-6-4-8-17(10-12)15(18)14-9-11-5-2-3-7-13(11)16-14;/h11-14,16H,2-10H2,1H3;1H. The van der Waals surface area contributed by atoms with Gasteiger partial charge in [0.05, 0.1) is 12.1 Å². The van der Waals surface area contributed by atoms with Crippen LogP contribution < -0.4 is 5.32 Å². The number of nitrogens with one attached hydrogen (secondary N) is 1. The molecule has 4 unspecified atom stereocenters. The van der Waals surface area contributed by atoms with Crippen molar-refractivity contribution < 1.29 is 9.53 Å². The molecule has 2 saturated heterocycles. The van der Waals surface area contributed by atoms with E-state index in [0.29, 0.717) is 11.9 Å². The summed E-state index contributed by atoms with van der Waals surface area (Å²) >= 11 is 0. The highest BCUT2D eigenvalue weighted by Gasteiger charge is 2.40. The fourth-order valence-corrected chi connectivity index (χ4v) is 4.06. The number of carbonyl (C=O) groups is 1. The van der Waals surface area contributed by atoms with E-state index >= 15 is 0 Å². The molecule has 0 aromatic carbocycles. The van der Waals surface area contributed by atoms with Crippen LogP contribution in [0.5, 0.6) is 0 Å². The van der Waals surface area contributed by atoms with E-state index in [1.165, 1.54) is 25.7 Å². The van der Waals surface area contributed by atoms with Crippen LogP contribution in [0.15, 0.2) is 0 Å². The molecule has 4 atom stereocenters. The highest BCUT2D eigenvalue weighted by Crippen LogP contribution is 2.33. The fourth-order valence-electron chi connectivity index (χ4n) is 4.06. The molecule has 116 valence electrons. The molecule has 4 nitrogen and oxygen atoms in total. The van der Waals surface area contributed by atoms with E-state index in [4.69, 9.17) is 4.74 Å². The molecule has 1 N–H and O–H groups in total. The van der Waals surface area contributed by atoms with E-state index in [1.54, 1.807) is 7.11 Å². The van der Waals surface area contributed by atoms with Gasteiger partial charge >= 0.3 is 0 Å².